The van der Waals surface area contributed by atoms with E-state index in [0.29, 0.717) is 0 Å². The fourth-order valence-corrected chi connectivity index (χ4v) is 2.61. The maximum Gasteiger partial charge on any atom is 0.144 e. The maximum absolute atomic E-state index is 12.4. The minimum Gasteiger partial charge on any atom is -0.591 e. The highest BCUT2D eigenvalue weighted by Gasteiger charge is 2.27. The molecule has 21 heavy (non-hydrogen) atoms. The molecule has 0 aromatic heterocycles. The zero-order valence-corrected chi connectivity index (χ0v) is 14.7. The summed E-state index contributed by atoms with van der Waals surface area (Å²) in [6.45, 7) is 5.78. The van der Waals surface area contributed by atoms with E-state index in [1.54, 1.807) is 0 Å². The van der Waals surface area contributed by atoms with Gasteiger partial charge in [0.2, 0.25) is 0 Å². The maximum atomic E-state index is 12.4. The molecule has 2 aromatic rings. The molecule has 0 heterocycles. The fourth-order valence-electron chi connectivity index (χ4n) is 1.70. The Bertz CT molecular complexity index is 617. The van der Waals surface area contributed by atoms with Crippen molar-refractivity contribution in [2.45, 2.75) is 25.5 Å². The van der Waals surface area contributed by atoms with Gasteiger partial charge in [0, 0.05) is 15.6 Å². The first-order valence-electron chi connectivity index (χ1n) is 6.70. The van der Waals surface area contributed by atoms with Crippen molar-refractivity contribution in [3.63, 3.8) is 0 Å². The van der Waals surface area contributed by atoms with Crippen LogP contribution in [0.15, 0.2) is 63.5 Å². The van der Waals surface area contributed by atoms with Crippen LogP contribution >= 0.6 is 15.9 Å². The minimum absolute atomic E-state index is 0.380. The fraction of sp³-hybridized carbons (Fsp3) is 0.235. The Labute approximate surface area is 137 Å². The van der Waals surface area contributed by atoms with Gasteiger partial charge in [0.05, 0.1) is 0 Å². The standard InChI is InChI=1S/C17H18BrNOS/c1-17(2,3)21(20)19-16(13-7-5-4-6-8-13)14-9-11-15(18)12-10-14/h4-12H,1-3H3/b19-16-. The van der Waals surface area contributed by atoms with Gasteiger partial charge in [-0.3, -0.25) is 0 Å². The molecule has 0 saturated heterocycles. The molecule has 2 aromatic carbocycles. The molecule has 0 saturated carbocycles. The number of nitrogens with zero attached hydrogens (tertiary/aromatic N) is 1. The normalized spacial score (nSPS) is 14.0. The lowest BCUT2D eigenvalue weighted by molar-refractivity contribution is 0.561. The Balaban J connectivity index is 2.50. The molecule has 0 aliphatic carbocycles. The molecule has 2 rings (SSSR count). The summed E-state index contributed by atoms with van der Waals surface area (Å²) in [4.78, 5) is 0. The molecule has 0 aliphatic heterocycles. The van der Waals surface area contributed by atoms with Gasteiger partial charge < -0.3 is 4.55 Å². The molecule has 110 valence electrons. The van der Waals surface area contributed by atoms with Crippen LogP contribution in [-0.4, -0.2) is 15.0 Å². The van der Waals surface area contributed by atoms with E-state index in [-0.39, 0.29) is 4.75 Å². The van der Waals surface area contributed by atoms with E-state index in [1.807, 2.05) is 75.4 Å². The number of halogens is 1. The van der Waals surface area contributed by atoms with Gasteiger partial charge in [-0.1, -0.05) is 62.8 Å². The first kappa shape index (κ1) is 16.3. The zero-order valence-electron chi connectivity index (χ0n) is 12.3. The summed E-state index contributed by atoms with van der Waals surface area (Å²) in [5, 5.41) is 0. The van der Waals surface area contributed by atoms with Crippen LogP contribution in [0.3, 0.4) is 0 Å². The van der Waals surface area contributed by atoms with Crippen molar-refractivity contribution in [3.8, 4) is 0 Å². The van der Waals surface area contributed by atoms with Crippen molar-refractivity contribution in [2.24, 2.45) is 4.40 Å². The number of rotatable bonds is 3. The highest BCUT2D eigenvalue weighted by Crippen LogP contribution is 2.21. The third kappa shape index (κ3) is 4.43. The lowest BCUT2D eigenvalue weighted by Gasteiger charge is -2.19. The Morgan fingerprint density at radius 3 is 2.00 bits per heavy atom. The predicted molar refractivity (Wildman–Crippen MR) is 94.1 cm³/mol. The zero-order chi connectivity index (χ0) is 15.5. The summed E-state index contributed by atoms with van der Waals surface area (Å²) in [5.41, 5.74) is 2.69. The lowest BCUT2D eigenvalue weighted by Crippen LogP contribution is -2.27. The Kier molecular flexibility index (Phi) is 5.25. The van der Waals surface area contributed by atoms with Gasteiger partial charge in [0.15, 0.2) is 0 Å². The molecule has 4 heteroatoms. The van der Waals surface area contributed by atoms with E-state index in [0.717, 1.165) is 21.3 Å². The molecule has 1 atom stereocenters. The number of benzene rings is 2. The summed E-state index contributed by atoms with van der Waals surface area (Å²) in [6, 6.07) is 17.8. The van der Waals surface area contributed by atoms with Crippen LogP contribution in [0.25, 0.3) is 0 Å². The quantitative estimate of drug-likeness (QED) is 0.572. The average molecular weight is 364 g/mol. The second kappa shape index (κ2) is 6.77. The molecule has 0 radical (unpaired) electrons. The lowest BCUT2D eigenvalue weighted by atomic mass is 10.0. The molecule has 0 spiro atoms. The monoisotopic (exact) mass is 363 g/mol. The van der Waals surface area contributed by atoms with Crippen LogP contribution in [0.4, 0.5) is 0 Å². The van der Waals surface area contributed by atoms with E-state index in [1.165, 1.54) is 0 Å². The van der Waals surface area contributed by atoms with Crippen molar-refractivity contribution in [2.75, 3.05) is 0 Å². The average Bonchev–Trinajstić information content (AvgIpc) is 2.45. The summed E-state index contributed by atoms with van der Waals surface area (Å²) in [5.74, 6) is 0. The van der Waals surface area contributed by atoms with Crippen LogP contribution in [-0.2, 0) is 11.4 Å². The second-order valence-corrected chi connectivity index (χ2v) is 8.50. The molecule has 2 nitrogen and oxygen atoms in total. The van der Waals surface area contributed by atoms with Crippen molar-refractivity contribution >= 4 is 33.0 Å². The Morgan fingerprint density at radius 1 is 0.952 bits per heavy atom. The van der Waals surface area contributed by atoms with Crippen LogP contribution in [0.1, 0.15) is 31.9 Å². The molecule has 0 N–H and O–H groups in total. The van der Waals surface area contributed by atoms with E-state index in [9.17, 15) is 4.55 Å². The summed E-state index contributed by atoms with van der Waals surface area (Å²) in [6.07, 6.45) is 0. The number of hydrogen-bond acceptors (Lipinski definition) is 2. The highest BCUT2D eigenvalue weighted by atomic mass is 79.9. The van der Waals surface area contributed by atoms with Gasteiger partial charge in [-0.25, -0.2) is 0 Å². The molecule has 0 fully saturated rings. The summed E-state index contributed by atoms with van der Waals surface area (Å²) in [7, 11) is 0. The minimum atomic E-state index is -1.30. The van der Waals surface area contributed by atoms with E-state index in [2.05, 4.69) is 20.3 Å². The van der Waals surface area contributed by atoms with Gasteiger partial charge in [-0.05, 0) is 32.9 Å². The first-order chi connectivity index (χ1) is 9.88. The Hall–Kier alpha value is -1.10. The van der Waals surface area contributed by atoms with Crippen molar-refractivity contribution in [1.82, 2.24) is 0 Å². The van der Waals surface area contributed by atoms with Gasteiger partial charge in [0.1, 0.15) is 21.8 Å². The van der Waals surface area contributed by atoms with Gasteiger partial charge >= 0.3 is 0 Å². The van der Waals surface area contributed by atoms with E-state index in [4.69, 9.17) is 0 Å². The van der Waals surface area contributed by atoms with Crippen LogP contribution in [0.5, 0.6) is 0 Å². The largest absolute Gasteiger partial charge is 0.591 e. The van der Waals surface area contributed by atoms with Gasteiger partial charge in [-0.15, -0.1) is 0 Å². The molecule has 0 amide bonds. The molecule has 1 unspecified atom stereocenters. The molecule has 0 aliphatic rings. The van der Waals surface area contributed by atoms with Crippen molar-refractivity contribution in [3.05, 3.63) is 70.2 Å². The molecular formula is C17H18BrNOS. The van der Waals surface area contributed by atoms with Gasteiger partial charge in [-0.2, -0.15) is 0 Å². The second-order valence-electron chi connectivity index (χ2n) is 5.67. The van der Waals surface area contributed by atoms with E-state index < -0.39 is 11.4 Å². The van der Waals surface area contributed by atoms with Crippen LogP contribution < -0.4 is 0 Å². The summed E-state index contributed by atoms with van der Waals surface area (Å²) >= 11 is 2.14. The molecule has 0 bridgehead atoms. The van der Waals surface area contributed by atoms with Crippen LogP contribution in [0, 0.1) is 0 Å². The predicted octanol–water partition coefficient (Wildman–Crippen LogP) is 4.75. The first-order valence-corrected chi connectivity index (χ1v) is 8.60. The smallest absolute Gasteiger partial charge is 0.144 e. The van der Waals surface area contributed by atoms with Crippen molar-refractivity contribution < 1.29 is 4.55 Å². The van der Waals surface area contributed by atoms with E-state index >= 15 is 0 Å². The van der Waals surface area contributed by atoms with Crippen molar-refractivity contribution in [1.29, 1.82) is 0 Å². The number of hydrogen-bond donors (Lipinski definition) is 0. The topological polar surface area (TPSA) is 35.4 Å². The third-order valence-electron chi connectivity index (χ3n) is 2.86. The SMILES string of the molecule is CC(C)(C)[S+]([O-])/N=C(/c1ccccc1)c1ccc(Br)cc1. The van der Waals surface area contributed by atoms with Crippen LogP contribution in [0.2, 0.25) is 0 Å². The highest BCUT2D eigenvalue weighted by molar-refractivity contribution is 9.10. The summed E-state index contributed by atoms with van der Waals surface area (Å²) < 4.78 is 17.5. The Morgan fingerprint density at radius 2 is 1.48 bits per heavy atom. The third-order valence-corrected chi connectivity index (χ3v) is 4.79. The molecular weight excluding hydrogens is 346 g/mol. The van der Waals surface area contributed by atoms with Gasteiger partial charge in [0.25, 0.3) is 0 Å².